The Hall–Kier alpha value is -2.98. The van der Waals surface area contributed by atoms with E-state index < -0.39 is 6.10 Å². The fourth-order valence-electron chi connectivity index (χ4n) is 3.43. The molecule has 0 spiro atoms. The largest absolute Gasteiger partial charge is 0.394 e. The second kappa shape index (κ2) is 10.2. The molecule has 3 atom stereocenters. The molecule has 0 unspecified atom stereocenters. The van der Waals surface area contributed by atoms with Gasteiger partial charge in [0.1, 0.15) is 17.5 Å². The average molecular weight is 417 g/mol. The maximum atomic E-state index is 12.3. The number of aliphatic hydroxyl groups is 1. The van der Waals surface area contributed by atoms with Gasteiger partial charge in [-0.15, -0.1) is 0 Å². The minimum absolute atomic E-state index is 0.115. The number of ether oxygens (including phenoxy) is 1. The molecule has 0 bridgehead atoms. The molecular weight excluding hydrogens is 390 g/mol. The van der Waals surface area contributed by atoms with Crippen LogP contribution in [0.3, 0.4) is 0 Å². The van der Waals surface area contributed by atoms with Gasteiger partial charge in [0, 0.05) is 24.5 Å². The molecule has 1 fully saturated rings. The number of aliphatic hydroxyl groups excluding tert-OH is 1. The molecule has 0 radical (unpaired) electrons. The lowest BCUT2D eigenvalue weighted by atomic mass is 9.97. The number of anilines is 1. The number of aryl methyl sites for hydroxylation is 2. The van der Waals surface area contributed by atoms with Crippen LogP contribution >= 0.6 is 0 Å². The van der Waals surface area contributed by atoms with Crippen molar-refractivity contribution in [2.24, 2.45) is 0 Å². The van der Waals surface area contributed by atoms with Crippen molar-refractivity contribution in [3.8, 4) is 0 Å². The molecule has 4 N–H and O–H groups in total. The van der Waals surface area contributed by atoms with Gasteiger partial charge in [-0.25, -0.2) is 4.79 Å². The van der Waals surface area contributed by atoms with Crippen LogP contribution in [-0.4, -0.2) is 58.6 Å². The SMILES string of the molecule is Cc1noc(C)c1NC(=O)NCC[C@@H]1CC[C@@H](NC(=O)c2ccncc2)[C@H](CO)O1. The van der Waals surface area contributed by atoms with Gasteiger partial charge < -0.3 is 30.3 Å². The van der Waals surface area contributed by atoms with Crippen molar-refractivity contribution in [3.05, 3.63) is 41.5 Å². The van der Waals surface area contributed by atoms with Crippen LogP contribution < -0.4 is 16.0 Å². The van der Waals surface area contributed by atoms with Crippen molar-refractivity contribution in [1.82, 2.24) is 20.8 Å². The number of hydrogen-bond acceptors (Lipinski definition) is 7. The lowest BCUT2D eigenvalue weighted by Crippen LogP contribution is -2.51. The second-order valence-electron chi connectivity index (χ2n) is 7.24. The van der Waals surface area contributed by atoms with Crippen molar-refractivity contribution in [1.29, 1.82) is 0 Å². The molecule has 0 aromatic carbocycles. The van der Waals surface area contributed by atoms with Gasteiger partial charge in [0.25, 0.3) is 5.91 Å². The van der Waals surface area contributed by atoms with Crippen molar-refractivity contribution < 1.29 is 24.0 Å². The van der Waals surface area contributed by atoms with Crippen LogP contribution in [0.1, 0.15) is 41.1 Å². The number of carbonyl (C=O) groups excluding carboxylic acids is 2. The second-order valence-corrected chi connectivity index (χ2v) is 7.24. The van der Waals surface area contributed by atoms with Gasteiger partial charge in [0.15, 0.2) is 5.76 Å². The number of nitrogens with one attached hydrogen (secondary N) is 3. The maximum absolute atomic E-state index is 12.3. The summed E-state index contributed by atoms with van der Waals surface area (Å²) in [7, 11) is 0. The monoisotopic (exact) mass is 417 g/mol. The first-order valence-electron chi connectivity index (χ1n) is 9.93. The zero-order valence-electron chi connectivity index (χ0n) is 17.1. The van der Waals surface area contributed by atoms with E-state index in [0.29, 0.717) is 48.5 Å². The minimum atomic E-state index is -0.495. The zero-order valence-corrected chi connectivity index (χ0v) is 17.1. The number of rotatable bonds is 7. The van der Waals surface area contributed by atoms with Gasteiger partial charge in [0.05, 0.1) is 18.8 Å². The Morgan fingerprint density at radius 3 is 2.67 bits per heavy atom. The van der Waals surface area contributed by atoms with Crippen LogP contribution in [0.2, 0.25) is 0 Å². The number of carbonyl (C=O) groups is 2. The van der Waals surface area contributed by atoms with Crippen LogP contribution in [-0.2, 0) is 4.74 Å². The summed E-state index contributed by atoms with van der Waals surface area (Å²) in [6.07, 6.45) is 4.49. The first kappa shape index (κ1) is 21.7. The Bertz CT molecular complexity index is 837. The van der Waals surface area contributed by atoms with E-state index in [1.54, 1.807) is 38.4 Å². The lowest BCUT2D eigenvalue weighted by Gasteiger charge is -2.36. The van der Waals surface area contributed by atoms with Gasteiger partial charge in [-0.1, -0.05) is 5.16 Å². The van der Waals surface area contributed by atoms with E-state index in [9.17, 15) is 14.7 Å². The normalized spacial score (nSPS) is 21.1. The highest BCUT2D eigenvalue weighted by Crippen LogP contribution is 2.22. The molecule has 0 saturated carbocycles. The van der Waals surface area contributed by atoms with Gasteiger partial charge >= 0.3 is 6.03 Å². The highest BCUT2D eigenvalue weighted by atomic mass is 16.5. The maximum Gasteiger partial charge on any atom is 0.319 e. The smallest absolute Gasteiger partial charge is 0.319 e. The van der Waals surface area contributed by atoms with Crippen LogP contribution in [0.4, 0.5) is 10.5 Å². The summed E-state index contributed by atoms with van der Waals surface area (Å²) in [6.45, 7) is 3.69. The third kappa shape index (κ3) is 5.55. The highest BCUT2D eigenvalue weighted by Gasteiger charge is 2.32. The van der Waals surface area contributed by atoms with Gasteiger partial charge in [-0.2, -0.15) is 0 Å². The van der Waals surface area contributed by atoms with Crippen LogP contribution in [0.15, 0.2) is 29.0 Å². The summed E-state index contributed by atoms with van der Waals surface area (Å²) in [5.74, 6) is 0.324. The van der Waals surface area contributed by atoms with Gasteiger partial charge in [-0.05, 0) is 45.2 Å². The third-order valence-electron chi connectivity index (χ3n) is 5.08. The lowest BCUT2D eigenvalue weighted by molar-refractivity contribution is -0.0892. The number of urea groups is 1. The summed E-state index contributed by atoms with van der Waals surface area (Å²) < 4.78 is 11.0. The topological polar surface area (TPSA) is 139 Å². The van der Waals surface area contributed by atoms with E-state index in [-0.39, 0.29) is 30.7 Å². The van der Waals surface area contributed by atoms with E-state index in [2.05, 4.69) is 26.1 Å². The number of pyridine rings is 1. The third-order valence-corrected chi connectivity index (χ3v) is 5.08. The van der Waals surface area contributed by atoms with Crippen molar-refractivity contribution in [2.75, 3.05) is 18.5 Å². The Morgan fingerprint density at radius 1 is 1.23 bits per heavy atom. The molecule has 2 aromatic rings. The molecule has 162 valence electrons. The average Bonchev–Trinajstić information content (AvgIpc) is 3.07. The summed E-state index contributed by atoms with van der Waals surface area (Å²) in [5.41, 5.74) is 1.69. The number of amides is 3. The molecule has 3 amide bonds. The summed E-state index contributed by atoms with van der Waals surface area (Å²) >= 11 is 0. The van der Waals surface area contributed by atoms with E-state index in [4.69, 9.17) is 9.26 Å². The Balaban J connectivity index is 1.42. The summed E-state index contributed by atoms with van der Waals surface area (Å²) in [5, 5.41) is 21.9. The molecule has 2 aromatic heterocycles. The summed E-state index contributed by atoms with van der Waals surface area (Å²) in [4.78, 5) is 28.3. The molecule has 1 aliphatic rings. The van der Waals surface area contributed by atoms with Crippen LogP contribution in [0.25, 0.3) is 0 Å². The van der Waals surface area contributed by atoms with E-state index >= 15 is 0 Å². The number of nitrogens with zero attached hydrogens (tertiary/aromatic N) is 2. The van der Waals surface area contributed by atoms with Crippen molar-refractivity contribution in [2.45, 2.75) is 51.4 Å². The van der Waals surface area contributed by atoms with E-state index in [1.807, 2.05) is 0 Å². The Morgan fingerprint density at radius 2 is 2.00 bits per heavy atom. The van der Waals surface area contributed by atoms with Crippen LogP contribution in [0.5, 0.6) is 0 Å². The predicted molar refractivity (Wildman–Crippen MR) is 108 cm³/mol. The Kier molecular flexibility index (Phi) is 7.36. The molecule has 3 heterocycles. The van der Waals surface area contributed by atoms with Crippen molar-refractivity contribution in [3.63, 3.8) is 0 Å². The molecule has 30 heavy (non-hydrogen) atoms. The van der Waals surface area contributed by atoms with Gasteiger partial charge in [-0.3, -0.25) is 9.78 Å². The molecule has 1 saturated heterocycles. The molecule has 0 aliphatic carbocycles. The number of aromatic nitrogens is 2. The molecule has 10 nitrogen and oxygen atoms in total. The zero-order chi connectivity index (χ0) is 21.5. The summed E-state index contributed by atoms with van der Waals surface area (Å²) in [6, 6.07) is 2.65. The highest BCUT2D eigenvalue weighted by molar-refractivity contribution is 5.94. The first-order valence-corrected chi connectivity index (χ1v) is 9.93. The van der Waals surface area contributed by atoms with Crippen molar-refractivity contribution >= 4 is 17.6 Å². The van der Waals surface area contributed by atoms with E-state index in [0.717, 1.165) is 0 Å². The molecule has 3 rings (SSSR count). The predicted octanol–water partition coefficient (Wildman–Crippen LogP) is 1.54. The van der Waals surface area contributed by atoms with E-state index in [1.165, 1.54) is 0 Å². The molecular formula is C20H27N5O5. The molecule has 1 aliphatic heterocycles. The Labute approximate surface area is 174 Å². The van der Waals surface area contributed by atoms with Gasteiger partial charge in [0.2, 0.25) is 0 Å². The number of hydrogen-bond donors (Lipinski definition) is 4. The quantitative estimate of drug-likeness (QED) is 0.536. The minimum Gasteiger partial charge on any atom is -0.394 e. The molecule has 10 heteroatoms. The van der Waals surface area contributed by atoms with Crippen LogP contribution in [0, 0.1) is 13.8 Å². The standard InChI is InChI=1S/C20H27N5O5/c1-12-18(13(2)30-25-12)24-20(28)22-10-7-15-3-4-16(17(11-26)29-15)23-19(27)14-5-8-21-9-6-14/h5-6,8-9,15-17,26H,3-4,7,10-11H2,1-2H3,(H,23,27)(H2,22,24,28)/t15-,16+,17-/m0/s1. The fraction of sp³-hybridized carbons (Fsp3) is 0.500. The first-order chi connectivity index (χ1) is 14.5. The fourth-order valence-corrected chi connectivity index (χ4v) is 3.43.